The first-order valence-electron chi connectivity index (χ1n) is 6.83. The lowest BCUT2D eigenvalue weighted by Crippen LogP contribution is -1.96. The Morgan fingerprint density at radius 2 is 1.15 bits per heavy atom. The lowest BCUT2D eigenvalue weighted by molar-refractivity contribution is -0.150. The molecule has 3 rings (SSSR count). The van der Waals surface area contributed by atoms with Crippen LogP contribution in [0.3, 0.4) is 0 Å². The van der Waals surface area contributed by atoms with Gasteiger partial charge in [-0.25, -0.2) is 9.59 Å². The zero-order valence-corrected chi connectivity index (χ0v) is 12.1. The van der Waals surface area contributed by atoms with Crippen LogP contribution in [-0.4, -0.2) is 11.9 Å². The minimum atomic E-state index is -0.579. The fourth-order valence-electron chi connectivity index (χ4n) is 1.78. The topological polar surface area (TPSA) is 43.4 Å². The number of ether oxygens (including phenoxy) is 1. The molecule has 0 bridgehead atoms. The van der Waals surface area contributed by atoms with Crippen LogP contribution in [0.15, 0.2) is 42.5 Å². The second kappa shape index (κ2) is 10.2. The Morgan fingerprint density at radius 1 is 0.750 bits per heavy atom. The summed E-state index contributed by atoms with van der Waals surface area (Å²) in [7, 11) is 0. The molecule has 0 amide bonds. The van der Waals surface area contributed by atoms with Crippen molar-refractivity contribution >= 4 is 23.5 Å². The number of esters is 2. The molecule has 0 radical (unpaired) electrons. The molecule has 3 nitrogen and oxygen atoms in total. The van der Waals surface area contributed by atoms with Crippen molar-refractivity contribution in [3.05, 3.63) is 47.5 Å². The van der Waals surface area contributed by atoms with Crippen LogP contribution < -0.4 is 0 Å². The minimum Gasteiger partial charge on any atom is -0.387 e. The van der Waals surface area contributed by atoms with Crippen LogP contribution in [0.2, 0.25) is 5.02 Å². The molecule has 0 N–H and O–H groups in total. The van der Waals surface area contributed by atoms with E-state index in [0.29, 0.717) is 0 Å². The Morgan fingerprint density at radius 3 is 1.35 bits per heavy atom. The van der Waals surface area contributed by atoms with Gasteiger partial charge in [-0.3, -0.25) is 0 Å². The number of carbonyl (C=O) groups excluding carboxylic acids is 2. The normalized spacial score (nSPS) is 16.4. The number of benzene rings is 1. The van der Waals surface area contributed by atoms with Gasteiger partial charge in [0.25, 0.3) is 0 Å². The Hall–Kier alpha value is -1.61. The number of cyclic esters (lactones) is 2. The largest absolute Gasteiger partial charge is 0.387 e. The summed E-state index contributed by atoms with van der Waals surface area (Å²) in [5.74, 6) is -1.16. The molecule has 0 unspecified atom stereocenters. The van der Waals surface area contributed by atoms with Gasteiger partial charge >= 0.3 is 11.9 Å². The molecule has 0 aromatic heterocycles. The van der Waals surface area contributed by atoms with Crippen LogP contribution in [0.4, 0.5) is 0 Å². The molecule has 1 aromatic carbocycles. The summed E-state index contributed by atoms with van der Waals surface area (Å²) in [5, 5.41) is 0.794. The maximum absolute atomic E-state index is 9.92. The third kappa shape index (κ3) is 8.48. The summed E-state index contributed by atoms with van der Waals surface area (Å²) in [6, 6.07) is 9.44. The van der Waals surface area contributed by atoms with E-state index in [4.69, 9.17) is 11.6 Å². The smallest absolute Gasteiger partial charge is 0.338 e. The van der Waals surface area contributed by atoms with Gasteiger partial charge in [-0.05, 0) is 12.1 Å². The van der Waals surface area contributed by atoms with E-state index in [0.717, 1.165) is 17.2 Å². The fourth-order valence-corrected chi connectivity index (χ4v) is 1.92. The summed E-state index contributed by atoms with van der Waals surface area (Å²) in [6.45, 7) is 0. The Kier molecular flexibility index (Phi) is 8.40. The fraction of sp³-hybridized carbons (Fsp3) is 0.375. The summed E-state index contributed by atoms with van der Waals surface area (Å²) < 4.78 is 3.97. The van der Waals surface area contributed by atoms with E-state index in [1.807, 2.05) is 30.3 Å². The molecule has 1 aliphatic carbocycles. The van der Waals surface area contributed by atoms with E-state index in [2.05, 4.69) is 4.74 Å². The maximum Gasteiger partial charge on any atom is 0.338 e. The van der Waals surface area contributed by atoms with Crippen LogP contribution in [-0.2, 0) is 14.3 Å². The van der Waals surface area contributed by atoms with Gasteiger partial charge in [0.2, 0.25) is 0 Å². The number of rotatable bonds is 0. The van der Waals surface area contributed by atoms with Crippen molar-refractivity contribution in [3.63, 3.8) is 0 Å². The predicted molar refractivity (Wildman–Crippen MR) is 79.4 cm³/mol. The predicted octanol–water partition coefficient (Wildman–Crippen LogP) is 4.31. The quantitative estimate of drug-likeness (QED) is 0.529. The molecule has 108 valence electrons. The first-order chi connectivity index (χ1) is 9.68. The Balaban J connectivity index is 0.000000151. The van der Waals surface area contributed by atoms with Gasteiger partial charge in [-0.15, -0.1) is 0 Å². The van der Waals surface area contributed by atoms with E-state index in [1.165, 1.54) is 38.5 Å². The second-order valence-electron chi connectivity index (χ2n) is 4.49. The summed E-state index contributed by atoms with van der Waals surface area (Å²) in [5.41, 5.74) is 0. The SMILES string of the molecule is C1CCCCC1.Clc1ccccc1.O=C1C=CC(=O)O1. The number of hydrogen-bond acceptors (Lipinski definition) is 3. The highest BCUT2D eigenvalue weighted by atomic mass is 35.5. The third-order valence-corrected chi connectivity index (χ3v) is 3.04. The standard InChI is InChI=1S/C6H5Cl.C6H12.C4H2O3/c7-6-4-2-1-3-5-6;1-2-4-6-5-3-1;5-3-1-2-4(6)7-3/h1-5H;1-6H2;1-2H. The van der Waals surface area contributed by atoms with Crippen molar-refractivity contribution in [2.45, 2.75) is 38.5 Å². The van der Waals surface area contributed by atoms with E-state index < -0.39 is 11.9 Å². The van der Waals surface area contributed by atoms with E-state index in [-0.39, 0.29) is 0 Å². The highest BCUT2D eigenvalue weighted by Gasteiger charge is 2.10. The van der Waals surface area contributed by atoms with Gasteiger partial charge in [0, 0.05) is 17.2 Å². The Bertz CT molecular complexity index is 409. The maximum atomic E-state index is 9.92. The van der Waals surface area contributed by atoms with Crippen LogP contribution in [0, 0.1) is 0 Å². The first kappa shape index (κ1) is 16.4. The highest BCUT2D eigenvalue weighted by Crippen LogP contribution is 2.15. The van der Waals surface area contributed by atoms with Gasteiger partial charge in [0.1, 0.15) is 0 Å². The average Bonchev–Trinajstić information content (AvgIpc) is 2.86. The molecule has 1 aromatic rings. The zero-order valence-electron chi connectivity index (χ0n) is 11.4. The molecular formula is C16H19ClO3. The molecule has 1 aliphatic heterocycles. The van der Waals surface area contributed by atoms with Crippen molar-refractivity contribution in [2.24, 2.45) is 0 Å². The monoisotopic (exact) mass is 294 g/mol. The summed E-state index contributed by atoms with van der Waals surface area (Å²) in [4.78, 5) is 19.8. The average molecular weight is 295 g/mol. The molecule has 0 atom stereocenters. The van der Waals surface area contributed by atoms with Crippen LogP contribution >= 0.6 is 11.6 Å². The van der Waals surface area contributed by atoms with E-state index >= 15 is 0 Å². The second-order valence-corrected chi connectivity index (χ2v) is 4.93. The van der Waals surface area contributed by atoms with Crippen molar-refractivity contribution in [1.29, 1.82) is 0 Å². The number of halogens is 1. The number of carbonyl (C=O) groups is 2. The lowest BCUT2D eigenvalue weighted by Gasteiger charge is -2.05. The van der Waals surface area contributed by atoms with Crippen molar-refractivity contribution in [2.75, 3.05) is 0 Å². The summed E-state index contributed by atoms with van der Waals surface area (Å²) >= 11 is 5.54. The van der Waals surface area contributed by atoms with E-state index in [1.54, 1.807) is 0 Å². The molecule has 0 spiro atoms. The van der Waals surface area contributed by atoms with Crippen LogP contribution in [0.5, 0.6) is 0 Å². The number of hydrogen-bond donors (Lipinski definition) is 0. The van der Waals surface area contributed by atoms with E-state index in [9.17, 15) is 9.59 Å². The zero-order chi connectivity index (χ0) is 14.6. The molecule has 1 fully saturated rings. The van der Waals surface area contributed by atoms with Gasteiger partial charge in [-0.2, -0.15) is 0 Å². The molecule has 2 aliphatic rings. The lowest BCUT2D eigenvalue weighted by atomic mass is 10.0. The van der Waals surface area contributed by atoms with Crippen molar-refractivity contribution in [1.82, 2.24) is 0 Å². The Labute approximate surface area is 124 Å². The molecule has 0 saturated heterocycles. The molecule has 4 heteroatoms. The molecular weight excluding hydrogens is 276 g/mol. The third-order valence-electron chi connectivity index (χ3n) is 2.79. The van der Waals surface area contributed by atoms with Crippen LogP contribution in [0.1, 0.15) is 38.5 Å². The van der Waals surface area contributed by atoms with Crippen LogP contribution in [0.25, 0.3) is 0 Å². The van der Waals surface area contributed by atoms with Crippen molar-refractivity contribution in [3.8, 4) is 0 Å². The molecule has 20 heavy (non-hydrogen) atoms. The first-order valence-corrected chi connectivity index (χ1v) is 7.20. The molecule has 1 heterocycles. The van der Waals surface area contributed by atoms with Gasteiger partial charge in [0.15, 0.2) is 0 Å². The highest BCUT2D eigenvalue weighted by molar-refractivity contribution is 6.30. The molecule has 1 saturated carbocycles. The van der Waals surface area contributed by atoms with Gasteiger partial charge in [0.05, 0.1) is 0 Å². The summed E-state index contributed by atoms with van der Waals surface area (Å²) in [6.07, 6.45) is 11.2. The minimum absolute atomic E-state index is 0.579. The van der Waals surface area contributed by atoms with Gasteiger partial charge < -0.3 is 4.74 Å². The van der Waals surface area contributed by atoms with Gasteiger partial charge in [-0.1, -0.05) is 68.3 Å². The van der Waals surface area contributed by atoms with Crippen molar-refractivity contribution < 1.29 is 14.3 Å².